The molecular weight excluding hydrogens is 356 g/mol. The zero-order valence-corrected chi connectivity index (χ0v) is 15.6. The summed E-state index contributed by atoms with van der Waals surface area (Å²) in [6.07, 6.45) is 5.75. The molecule has 0 radical (unpaired) electrons. The van der Waals surface area contributed by atoms with E-state index in [4.69, 9.17) is 4.98 Å². The van der Waals surface area contributed by atoms with Crippen LogP contribution in [0.4, 0.5) is 5.82 Å². The number of hydrogen-bond donors (Lipinski definition) is 1. The molecule has 1 aliphatic rings. The van der Waals surface area contributed by atoms with Crippen LogP contribution in [0.15, 0.2) is 85.2 Å². The standard InChI is InChI=1S/C25H16N4/c1-16-7-8-21-14-22(18-9-10-23-19(13-18)6-3-11-27-23)24(29-25(21)28-16)20-5-2-4-17(12-20)15-26/h2-14H,1H2,(H,28,29). The van der Waals surface area contributed by atoms with Crippen LogP contribution in [0.5, 0.6) is 0 Å². The first-order valence-electron chi connectivity index (χ1n) is 9.26. The minimum Gasteiger partial charge on any atom is -0.340 e. The summed E-state index contributed by atoms with van der Waals surface area (Å²) < 4.78 is 0. The maximum Gasteiger partial charge on any atom is 0.138 e. The molecule has 2 aromatic heterocycles. The van der Waals surface area contributed by atoms with Crippen molar-refractivity contribution in [3.05, 3.63) is 96.3 Å². The van der Waals surface area contributed by atoms with E-state index < -0.39 is 0 Å². The van der Waals surface area contributed by atoms with Crippen LogP contribution in [0.25, 0.3) is 39.4 Å². The van der Waals surface area contributed by atoms with Gasteiger partial charge >= 0.3 is 0 Å². The zero-order valence-electron chi connectivity index (χ0n) is 15.6. The lowest BCUT2D eigenvalue weighted by Gasteiger charge is -2.19. The van der Waals surface area contributed by atoms with Crippen LogP contribution < -0.4 is 5.32 Å². The summed E-state index contributed by atoms with van der Waals surface area (Å²) in [5.74, 6) is 0.765. The Labute approximate surface area is 168 Å². The Hall–Kier alpha value is -4.23. The van der Waals surface area contributed by atoms with Gasteiger partial charge in [0.15, 0.2) is 0 Å². The number of rotatable bonds is 2. The van der Waals surface area contributed by atoms with Crippen molar-refractivity contribution in [1.82, 2.24) is 9.97 Å². The molecule has 4 aromatic rings. The molecule has 0 bridgehead atoms. The fraction of sp³-hybridized carbons (Fsp3) is 0. The molecule has 0 unspecified atom stereocenters. The molecule has 136 valence electrons. The third-order valence-corrected chi connectivity index (χ3v) is 4.97. The number of aromatic nitrogens is 2. The predicted molar refractivity (Wildman–Crippen MR) is 117 cm³/mol. The van der Waals surface area contributed by atoms with E-state index in [2.05, 4.69) is 47.2 Å². The van der Waals surface area contributed by atoms with Crippen molar-refractivity contribution in [1.29, 1.82) is 5.26 Å². The summed E-state index contributed by atoms with van der Waals surface area (Å²) in [4.78, 5) is 9.33. The Kier molecular flexibility index (Phi) is 3.93. The van der Waals surface area contributed by atoms with E-state index in [1.54, 1.807) is 12.3 Å². The molecule has 2 aromatic carbocycles. The molecule has 3 heterocycles. The molecule has 0 aliphatic carbocycles. The minimum absolute atomic E-state index is 0.605. The maximum absolute atomic E-state index is 9.33. The normalized spacial score (nSPS) is 12.3. The largest absolute Gasteiger partial charge is 0.340 e. The Morgan fingerprint density at radius 1 is 0.931 bits per heavy atom. The highest BCUT2D eigenvalue weighted by Crippen LogP contribution is 2.37. The summed E-state index contributed by atoms with van der Waals surface area (Å²) in [6.45, 7) is 3.97. The van der Waals surface area contributed by atoms with Gasteiger partial charge in [0, 0.05) is 34.0 Å². The molecule has 29 heavy (non-hydrogen) atoms. The Bertz CT molecular complexity index is 1360. The average Bonchev–Trinajstić information content (AvgIpc) is 2.78. The summed E-state index contributed by atoms with van der Waals surface area (Å²) in [7, 11) is 0. The number of benzene rings is 2. The van der Waals surface area contributed by atoms with Gasteiger partial charge in [-0.25, -0.2) is 4.98 Å². The van der Waals surface area contributed by atoms with Gasteiger partial charge in [0.05, 0.1) is 22.8 Å². The molecular formula is C25H16N4. The Balaban J connectivity index is 1.77. The first kappa shape index (κ1) is 16.9. The second kappa shape index (κ2) is 6.74. The molecule has 1 N–H and O–H groups in total. The third-order valence-electron chi connectivity index (χ3n) is 4.97. The van der Waals surface area contributed by atoms with Crippen LogP contribution in [0, 0.1) is 11.3 Å². The van der Waals surface area contributed by atoms with E-state index in [0.717, 1.165) is 50.4 Å². The topological polar surface area (TPSA) is 61.6 Å². The van der Waals surface area contributed by atoms with Gasteiger partial charge in [-0.2, -0.15) is 5.26 Å². The highest BCUT2D eigenvalue weighted by Gasteiger charge is 2.17. The van der Waals surface area contributed by atoms with Crippen LogP contribution in [-0.4, -0.2) is 9.97 Å². The van der Waals surface area contributed by atoms with Crippen molar-refractivity contribution >= 4 is 22.8 Å². The maximum atomic E-state index is 9.33. The molecule has 0 amide bonds. The van der Waals surface area contributed by atoms with Crippen molar-refractivity contribution in [3.8, 4) is 28.5 Å². The van der Waals surface area contributed by atoms with E-state index in [1.807, 2.05) is 42.5 Å². The van der Waals surface area contributed by atoms with Crippen LogP contribution in [0.3, 0.4) is 0 Å². The van der Waals surface area contributed by atoms with Crippen molar-refractivity contribution in [2.75, 3.05) is 5.32 Å². The van der Waals surface area contributed by atoms with Crippen LogP contribution in [0.1, 0.15) is 11.1 Å². The van der Waals surface area contributed by atoms with Crippen molar-refractivity contribution in [3.63, 3.8) is 0 Å². The Morgan fingerprint density at radius 2 is 1.86 bits per heavy atom. The fourth-order valence-electron chi connectivity index (χ4n) is 3.56. The lowest BCUT2D eigenvalue weighted by Crippen LogP contribution is -2.06. The van der Waals surface area contributed by atoms with Gasteiger partial charge in [0.1, 0.15) is 5.82 Å². The molecule has 0 saturated heterocycles. The molecule has 0 saturated carbocycles. The van der Waals surface area contributed by atoms with Crippen molar-refractivity contribution < 1.29 is 0 Å². The Morgan fingerprint density at radius 3 is 2.76 bits per heavy atom. The number of allylic oxidation sites excluding steroid dienone is 1. The van der Waals surface area contributed by atoms with Crippen molar-refractivity contribution in [2.45, 2.75) is 0 Å². The van der Waals surface area contributed by atoms with Gasteiger partial charge in [-0.1, -0.05) is 30.8 Å². The smallest absolute Gasteiger partial charge is 0.138 e. The molecule has 0 spiro atoms. The third kappa shape index (κ3) is 3.05. The molecule has 0 atom stereocenters. The van der Waals surface area contributed by atoms with Gasteiger partial charge in [-0.05, 0) is 54.1 Å². The first-order valence-corrected chi connectivity index (χ1v) is 9.26. The second-order valence-corrected chi connectivity index (χ2v) is 6.91. The van der Waals surface area contributed by atoms with Crippen molar-refractivity contribution in [2.24, 2.45) is 0 Å². The van der Waals surface area contributed by atoms with E-state index in [0.29, 0.717) is 5.56 Å². The molecule has 4 heteroatoms. The van der Waals surface area contributed by atoms with E-state index in [1.165, 1.54) is 0 Å². The van der Waals surface area contributed by atoms with Crippen LogP contribution in [0.2, 0.25) is 0 Å². The van der Waals surface area contributed by atoms with E-state index >= 15 is 0 Å². The monoisotopic (exact) mass is 372 g/mol. The fourth-order valence-corrected chi connectivity index (χ4v) is 3.56. The number of nitrogens with one attached hydrogen (secondary N) is 1. The summed E-state index contributed by atoms with van der Waals surface area (Å²) in [5, 5.41) is 13.6. The minimum atomic E-state index is 0.605. The number of pyridine rings is 2. The van der Waals surface area contributed by atoms with Gasteiger partial charge in [0.25, 0.3) is 0 Å². The molecule has 4 nitrogen and oxygen atoms in total. The number of nitrogens with zero attached hydrogens (tertiary/aromatic N) is 3. The lowest BCUT2D eigenvalue weighted by atomic mass is 9.95. The SMILES string of the molecule is C=C1C=Cc2cc(-c3ccc4ncccc4c3)c(-c3cccc(C#N)c3)nc2N1. The zero-order chi connectivity index (χ0) is 19.8. The van der Waals surface area contributed by atoms with Gasteiger partial charge < -0.3 is 5.32 Å². The van der Waals surface area contributed by atoms with Crippen LogP contribution >= 0.6 is 0 Å². The summed E-state index contributed by atoms with van der Waals surface area (Å²) in [6, 6.07) is 22.1. The molecule has 0 fully saturated rings. The predicted octanol–water partition coefficient (Wildman–Crippen LogP) is 5.79. The van der Waals surface area contributed by atoms with Gasteiger partial charge in [-0.15, -0.1) is 0 Å². The molecule has 1 aliphatic heterocycles. The summed E-state index contributed by atoms with van der Waals surface area (Å²) >= 11 is 0. The first-order chi connectivity index (χ1) is 14.2. The number of hydrogen-bond acceptors (Lipinski definition) is 4. The van der Waals surface area contributed by atoms with Gasteiger partial charge in [0.2, 0.25) is 0 Å². The quantitative estimate of drug-likeness (QED) is 0.484. The van der Waals surface area contributed by atoms with Gasteiger partial charge in [-0.3, -0.25) is 4.98 Å². The second-order valence-electron chi connectivity index (χ2n) is 6.91. The van der Waals surface area contributed by atoms with Crippen LogP contribution in [-0.2, 0) is 0 Å². The number of nitriles is 1. The lowest BCUT2D eigenvalue weighted by molar-refractivity contribution is 1.27. The van der Waals surface area contributed by atoms with E-state index in [-0.39, 0.29) is 0 Å². The number of anilines is 1. The molecule has 5 rings (SSSR count). The number of fused-ring (bicyclic) bond motifs is 2. The highest BCUT2D eigenvalue weighted by molar-refractivity contribution is 5.91. The van der Waals surface area contributed by atoms with E-state index in [9.17, 15) is 5.26 Å². The highest BCUT2D eigenvalue weighted by atomic mass is 15.0. The summed E-state index contributed by atoms with van der Waals surface area (Å²) in [5.41, 5.74) is 7.13. The average molecular weight is 372 g/mol.